The third-order valence-electron chi connectivity index (χ3n) is 5.05. The van der Waals surface area contributed by atoms with E-state index >= 15 is 0 Å². The average Bonchev–Trinajstić information content (AvgIpc) is 2.61. The van der Waals surface area contributed by atoms with E-state index in [4.69, 9.17) is 0 Å². The lowest BCUT2D eigenvalue weighted by molar-refractivity contribution is -0.120. The van der Waals surface area contributed by atoms with Gasteiger partial charge in [0.2, 0.25) is 5.91 Å². The Bertz CT molecular complexity index is 685. The van der Waals surface area contributed by atoms with Crippen molar-refractivity contribution in [2.24, 2.45) is 5.92 Å². The van der Waals surface area contributed by atoms with Crippen LogP contribution in [0.5, 0.6) is 0 Å². The lowest BCUT2D eigenvalue weighted by Crippen LogP contribution is -2.34. The molecule has 0 aromatic rings. The second-order valence-corrected chi connectivity index (χ2v) is 10.00. The smallest absolute Gasteiger partial charge is 0.337 e. The van der Waals surface area contributed by atoms with Gasteiger partial charge in [0.25, 0.3) is 0 Å². The molecule has 0 saturated heterocycles. The lowest BCUT2D eigenvalue weighted by Gasteiger charge is -2.15. The maximum atomic E-state index is 11.9. The first-order chi connectivity index (χ1) is 14.0. The van der Waals surface area contributed by atoms with Crippen LogP contribution in [-0.2, 0) is 9.36 Å². The molecule has 0 aliphatic rings. The van der Waals surface area contributed by atoms with Gasteiger partial charge in [0, 0.05) is 6.54 Å². The Labute approximate surface area is 183 Å². The molecule has 0 aromatic carbocycles. The van der Waals surface area contributed by atoms with E-state index in [-0.39, 0.29) is 6.42 Å². The van der Waals surface area contributed by atoms with Crippen LogP contribution in [0.3, 0.4) is 0 Å². The van der Waals surface area contributed by atoms with E-state index in [2.05, 4.69) is 57.3 Å². The number of hydrogen-bond donors (Lipinski definition) is 3. The third-order valence-corrected chi connectivity index (χ3v) is 6.46. The van der Waals surface area contributed by atoms with Crippen molar-refractivity contribution in [2.45, 2.75) is 85.7 Å². The highest BCUT2D eigenvalue weighted by Gasteiger charge is 2.33. The second kappa shape index (κ2) is 15.4. The molecule has 2 unspecified atom stereocenters. The number of amides is 1. The zero-order valence-electron chi connectivity index (χ0n) is 19.6. The van der Waals surface area contributed by atoms with E-state index in [0.29, 0.717) is 12.5 Å². The van der Waals surface area contributed by atoms with Crippen LogP contribution in [0.2, 0.25) is 0 Å². The maximum Gasteiger partial charge on any atom is 0.337 e. The molecule has 30 heavy (non-hydrogen) atoms. The van der Waals surface area contributed by atoms with Crippen LogP contribution in [0.25, 0.3) is 0 Å². The SMILES string of the molecule is CC=CC(C)CC(C)=CCCC(C)=CCCC(C)=CCNC(=O)C(CC)P(=O)(O)O. The van der Waals surface area contributed by atoms with Crippen molar-refractivity contribution >= 4 is 13.5 Å². The van der Waals surface area contributed by atoms with E-state index in [0.717, 1.165) is 37.7 Å². The summed E-state index contributed by atoms with van der Waals surface area (Å²) in [4.78, 5) is 30.3. The van der Waals surface area contributed by atoms with Gasteiger partial charge in [0.05, 0.1) is 0 Å². The monoisotopic (exact) mass is 439 g/mol. The minimum atomic E-state index is -4.40. The van der Waals surface area contributed by atoms with Crippen LogP contribution in [-0.4, -0.2) is 27.9 Å². The van der Waals surface area contributed by atoms with Crippen LogP contribution >= 0.6 is 7.60 Å². The number of carbonyl (C=O) groups is 1. The molecule has 172 valence electrons. The zero-order chi connectivity index (χ0) is 23.2. The summed E-state index contributed by atoms with van der Waals surface area (Å²) in [7, 11) is -4.40. The standard InChI is InChI=1S/C24H42NO4P/c1-7-11-21(5)18-22(6)15-10-13-19(3)12-9-14-20(4)16-17-25-24(26)23(8-2)30(27,28)29/h7,11-12,15-16,21,23H,8-10,13-14,17-18H2,1-6H3,(H,25,26)(H2,27,28,29). The fourth-order valence-corrected chi connectivity index (χ4v) is 4.18. The summed E-state index contributed by atoms with van der Waals surface area (Å²) in [6.45, 7) is 12.6. The predicted octanol–water partition coefficient (Wildman–Crippen LogP) is 6.06. The summed E-state index contributed by atoms with van der Waals surface area (Å²) in [5, 5.41) is 2.60. The molecule has 1 amide bonds. The summed E-state index contributed by atoms with van der Waals surface area (Å²) < 4.78 is 11.3. The van der Waals surface area contributed by atoms with Crippen molar-refractivity contribution in [1.82, 2.24) is 5.32 Å². The molecule has 0 rings (SSSR count). The molecule has 0 aromatic heterocycles. The van der Waals surface area contributed by atoms with E-state index in [1.165, 1.54) is 11.1 Å². The molecule has 2 atom stereocenters. The number of carbonyl (C=O) groups excluding carboxylic acids is 1. The van der Waals surface area contributed by atoms with Crippen LogP contribution in [0.15, 0.2) is 47.1 Å². The number of hydrogen-bond acceptors (Lipinski definition) is 2. The molecular weight excluding hydrogens is 397 g/mol. The van der Waals surface area contributed by atoms with Gasteiger partial charge >= 0.3 is 7.60 Å². The summed E-state index contributed by atoms with van der Waals surface area (Å²) in [6.07, 6.45) is 16.1. The summed E-state index contributed by atoms with van der Waals surface area (Å²) >= 11 is 0. The largest absolute Gasteiger partial charge is 0.352 e. The molecule has 0 fully saturated rings. The van der Waals surface area contributed by atoms with Gasteiger partial charge < -0.3 is 15.1 Å². The molecule has 0 spiro atoms. The fraction of sp³-hybridized carbons (Fsp3) is 0.625. The summed E-state index contributed by atoms with van der Waals surface area (Å²) in [5.41, 5.74) is 2.71. The number of rotatable bonds is 14. The third kappa shape index (κ3) is 13.7. The summed E-state index contributed by atoms with van der Waals surface area (Å²) in [5.74, 6) is 0.00108. The molecule has 0 saturated carbocycles. The Balaban J connectivity index is 4.29. The van der Waals surface area contributed by atoms with Crippen LogP contribution in [0.4, 0.5) is 0 Å². The minimum absolute atomic E-state index is 0.117. The Morgan fingerprint density at radius 3 is 2.03 bits per heavy atom. The molecule has 0 aliphatic carbocycles. The van der Waals surface area contributed by atoms with Crippen molar-refractivity contribution in [3.8, 4) is 0 Å². The topological polar surface area (TPSA) is 86.6 Å². The number of allylic oxidation sites excluding steroid dienone is 7. The molecule has 0 heterocycles. The highest BCUT2D eigenvalue weighted by atomic mass is 31.2. The second-order valence-electron chi connectivity index (χ2n) is 8.19. The summed E-state index contributed by atoms with van der Waals surface area (Å²) in [6, 6.07) is 0. The van der Waals surface area contributed by atoms with Gasteiger partial charge in [-0.1, -0.05) is 60.9 Å². The molecule has 0 radical (unpaired) electrons. The maximum absolute atomic E-state index is 11.9. The highest BCUT2D eigenvalue weighted by molar-refractivity contribution is 7.53. The van der Waals surface area contributed by atoms with Crippen molar-refractivity contribution in [1.29, 1.82) is 0 Å². The van der Waals surface area contributed by atoms with E-state index < -0.39 is 19.2 Å². The van der Waals surface area contributed by atoms with Crippen LogP contribution in [0.1, 0.15) is 80.1 Å². The van der Waals surface area contributed by atoms with Crippen LogP contribution < -0.4 is 5.32 Å². The lowest BCUT2D eigenvalue weighted by atomic mass is 10.00. The van der Waals surface area contributed by atoms with Crippen molar-refractivity contribution in [3.63, 3.8) is 0 Å². The van der Waals surface area contributed by atoms with Gasteiger partial charge in [-0.05, 0) is 72.1 Å². The number of nitrogens with one attached hydrogen (secondary N) is 1. The van der Waals surface area contributed by atoms with Crippen LogP contribution in [0, 0.1) is 5.92 Å². The normalized spacial score (nSPS) is 16.1. The molecule has 5 nitrogen and oxygen atoms in total. The van der Waals surface area contributed by atoms with Crippen molar-refractivity contribution < 1.29 is 19.1 Å². The molecular formula is C24H42NO4P. The quantitative estimate of drug-likeness (QED) is 0.227. The van der Waals surface area contributed by atoms with E-state index in [9.17, 15) is 19.1 Å². The Morgan fingerprint density at radius 2 is 1.53 bits per heavy atom. The Hall–Kier alpha value is -1.42. The van der Waals surface area contributed by atoms with E-state index in [1.54, 1.807) is 6.92 Å². The Kier molecular flexibility index (Phi) is 14.7. The molecule has 3 N–H and O–H groups in total. The van der Waals surface area contributed by atoms with Crippen molar-refractivity contribution in [2.75, 3.05) is 6.54 Å². The molecule has 0 bridgehead atoms. The zero-order valence-corrected chi connectivity index (χ0v) is 20.5. The fourth-order valence-electron chi connectivity index (χ4n) is 3.30. The van der Waals surface area contributed by atoms with Gasteiger partial charge in [0.15, 0.2) is 0 Å². The first kappa shape index (κ1) is 28.6. The van der Waals surface area contributed by atoms with Gasteiger partial charge in [-0.25, -0.2) is 0 Å². The van der Waals surface area contributed by atoms with Gasteiger partial charge in [-0.15, -0.1) is 0 Å². The first-order valence-electron chi connectivity index (χ1n) is 10.9. The molecule has 6 heteroatoms. The van der Waals surface area contributed by atoms with E-state index in [1.807, 2.05) is 13.0 Å². The first-order valence-corrected chi connectivity index (χ1v) is 12.6. The van der Waals surface area contributed by atoms with Gasteiger partial charge in [-0.3, -0.25) is 9.36 Å². The minimum Gasteiger partial charge on any atom is -0.352 e. The average molecular weight is 440 g/mol. The van der Waals surface area contributed by atoms with Crippen molar-refractivity contribution in [3.05, 3.63) is 47.1 Å². The highest BCUT2D eigenvalue weighted by Crippen LogP contribution is 2.42. The molecule has 0 aliphatic heterocycles. The predicted molar refractivity (Wildman–Crippen MR) is 127 cm³/mol. The van der Waals surface area contributed by atoms with Gasteiger partial charge in [0.1, 0.15) is 5.66 Å². The Morgan fingerprint density at radius 1 is 1.00 bits per heavy atom. The van der Waals surface area contributed by atoms with Gasteiger partial charge in [-0.2, -0.15) is 0 Å².